The van der Waals surface area contributed by atoms with Crippen LogP contribution in [-0.4, -0.2) is 29.5 Å². The lowest BCUT2D eigenvalue weighted by molar-refractivity contribution is -0.120. The lowest BCUT2D eigenvalue weighted by Gasteiger charge is -2.35. The second-order valence-electron chi connectivity index (χ2n) is 6.71. The van der Waals surface area contributed by atoms with Gasteiger partial charge in [0, 0.05) is 16.6 Å². The molecule has 0 unspecified atom stereocenters. The highest BCUT2D eigenvalue weighted by molar-refractivity contribution is 7.80. The van der Waals surface area contributed by atoms with Crippen molar-refractivity contribution in [2.75, 3.05) is 6.54 Å². The van der Waals surface area contributed by atoms with Crippen LogP contribution < -0.4 is 21.5 Å². The summed E-state index contributed by atoms with van der Waals surface area (Å²) in [5.74, 6) is 0.416. The van der Waals surface area contributed by atoms with Crippen LogP contribution >= 0.6 is 23.8 Å². The SMILES string of the molecule is C[C@H]1[C@@H](NC(=S)NNC(=O)CNC(=O)c2cccc(Cl)c2)CCC[C@@H]1C. The minimum atomic E-state index is -0.394. The molecular formula is C18H25ClN4O2S. The van der Waals surface area contributed by atoms with Gasteiger partial charge in [0.25, 0.3) is 11.8 Å². The van der Waals surface area contributed by atoms with Gasteiger partial charge in [0.2, 0.25) is 0 Å². The molecule has 1 aromatic rings. The predicted molar refractivity (Wildman–Crippen MR) is 107 cm³/mol. The molecule has 1 aliphatic rings. The van der Waals surface area contributed by atoms with Crippen LogP contribution in [0.4, 0.5) is 0 Å². The molecule has 3 atom stereocenters. The van der Waals surface area contributed by atoms with Crippen molar-refractivity contribution < 1.29 is 9.59 Å². The van der Waals surface area contributed by atoms with Crippen LogP contribution in [0.2, 0.25) is 5.02 Å². The van der Waals surface area contributed by atoms with Crippen molar-refractivity contribution in [3.63, 3.8) is 0 Å². The maximum Gasteiger partial charge on any atom is 0.257 e. The number of hydrogen-bond donors (Lipinski definition) is 4. The fourth-order valence-corrected chi connectivity index (χ4v) is 3.45. The number of amides is 2. The van der Waals surface area contributed by atoms with Crippen molar-refractivity contribution in [3.05, 3.63) is 34.9 Å². The number of hydrazine groups is 1. The van der Waals surface area contributed by atoms with E-state index in [4.69, 9.17) is 23.8 Å². The number of rotatable bonds is 4. The molecule has 0 saturated heterocycles. The van der Waals surface area contributed by atoms with Gasteiger partial charge in [-0.1, -0.05) is 44.4 Å². The Morgan fingerprint density at radius 2 is 2.00 bits per heavy atom. The summed E-state index contributed by atoms with van der Waals surface area (Å²) < 4.78 is 0. The monoisotopic (exact) mass is 396 g/mol. The van der Waals surface area contributed by atoms with E-state index in [0.717, 1.165) is 6.42 Å². The first kappa shape index (κ1) is 20.5. The van der Waals surface area contributed by atoms with E-state index in [1.165, 1.54) is 12.8 Å². The highest BCUT2D eigenvalue weighted by atomic mass is 35.5. The number of halogens is 1. The number of nitrogens with one attached hydrogen (secondary N) is 4. The van der Waals surface area contributed by atoms with Gasteiger partial charge < -0.3 is 10.6 Å². The van der Waals surface area contributed by atoms with Crippen LogP contribution in [0.3, 0.4) is 0 Å². The molecule has 0 aliphatic heterocycles. The fourth-order valence-electron chi connectivity index (χ4n) is 3.05. The van der Waals surface area contributed by atoms with Gasteiger partial charge in [0.05, 0.1) is 6.54 Å². The zero-order valence-electron chi connectivity index (χ0n) is 15.0. The van der Waals surface area contributed by atoms with Crippen molar-refractivity contribution in [1.29, 1.82) is 0 Å². The van der Waals surface area contributed by atoms with E-state index in [1.807, 2.05) is 0 Å². The molecular weight excluding hydrogens is 372 g/mol. The fraction of sp³-hybridized carbons (Fsp3) is 0.500. The van der Waals surface area contributed by atoms with Gasteiger partial charge in [0.1, 0.15) is 0 Å². The maximum atomic E-state index is 12.0. The molecule has 1 aromatic carbocycles. The normalized spacial score (nSPS) is 22.2. The van der Waals surface area contributed by atoms with Gasteiger partial charge in [-0.2, -0.15) is 0 Å². The van der Waals surface area contributed by atoms with E-state index in [2.05, 4.69) is 35.3 Å². The highest BCUT2D eigenvalue weighted by Crippen LogP contribution is 2.29. The van der Waals surface area contributed by atoms with Gasteiger partial charge in [-0.05, 0) is 48.7 Å². The van der Waals surface area contributed by atoms with Gasteiger partial charge in [-0.3, -0.25) is 20.4 Å². The Balaban J connectivity index is 1.69. The molecule has 4 N–H and O–H groups in total. The van der Waals surface area contributed by atoms with E-state index in [9.17, 15) is 9.59 Å². The first-order chi connectivity index (χ1) is 12.4. The molecule has 8 heteroatoms. The molecule has 6 nitrogen and oxygen atoms in total. The number of carbonyl (C=O) groups excluding carboxylic acids is 2. The number of carbonyl (C=O) groups is 2. The van der Waals surface area contributed by atoms with Gasteiger partial charge in [-0.25, -0.2) is 0 Å². The van der Waals surface area contributed by atoms with Crippen LogP contribution in [0.5, 0.6) is 0 Å². The molecule has 0 heterocycles. The summed E-state index contributed by atoms with van der Waals surface area (Å²) in [6.07, 6.45) is 3.48. The first-order valence-electron chi connectivity index (χ1n) is 8.76. The Kier molecular flexibility index (Phi) is 7.66. The molecule has 0 radical (unpaired) electrons. The summed E-state index contributed by atoms with van der Waals surface area (Å²) in [4.78, 5) is 23.8. The molecule has 1 fully saturated rings. The largest absolute Gasteiger partial charge is 0.358 e. The van der Waals surface area contributed by atoms with E-state index in [0.29, 0.717) is 33.6 Å². The molecule has 2 rings (SSSR count). The molecule has 1 saturated carbocycles. The number of thiocarbonyl (C=S) groups is 1. The zero-order chi connectivity index (χ0) is 19.1. The summed E-state index contributed by atoms with van der Waals surface area (Å²) in [6, 6.07) is 6.83. The van der Waals surface area contributed by atoms with E-state index in [-0.39, 0.29) is 12.5 Å². The van der Waals surface area contributed by atoms with Crippen molar-refractivity contribution in [1.82, 2.24) is 21.5 Å². The van der Waals surface area contributed by atoms with Crippen molar-refractivity contribution >= 4 is 40.7 Å². The minimum absolute atomic E-state index is 0.169. The Morgan fingerprint density at radius 1 is 1.23 bits per heavy atom. The Bertz CT molecular complexity index is 670. The highest BCUT2D eigenvalue weighted by Gasteiger charge is 2.27. The number of benzene rings is 1. The third kappa shape index (κ3) is 6.14. The average molecular weight is 397 g/mol. The van der Waals surface area contributed by atoms with E-state index in [1.54, 1.807) is 24.3 Å². The summed E-state index contributed by atoms with van der Waals surface area (Å²) in [5, 5.41) is 6.63. The topological polar surface area (TPSA) is 82.3 Å². The van der Waals surface area contributed by atoms with Crippen molar-refractivity contribution in [2.45, 2.75) is 39.2 Å². The van der Waals surface area contributed by atoms with Crippen LogP contribution in [0.15, 0.2) is 24.3 Å². The average Bonchev–Trinajstić information content (AvgIpc) is 2.61. The summed E-state index contributed by atoms with van der Waals surface area (Å²) >= 11 is 11.1. The summed E-state index contributed by atoms with van der Waals surface area (Å²) in [7, 11) is 0. The van der Waals surface area contributed by atoms with Gasteiger partial charge in [-0.15, -0.1) is 0 Å². The molecule has 0 bridgehead atoms. The van der Waals surface area contributed by atoms with Crippen LogP contribution in [0, 0.1) is 11.8 Å². The molecule has 142 valence electrons. The zero-order valence-corrected chi connectivity index (χ0v) is 16.5. The van der Waals surface area contributed by atoms with Gasteiger partial charge in [0.15, 0.2) is 5.11 Å². The van der Waals surface area contributed by atoms with Crippen LogP contribution in [-0.2, 0) is 4.79 Å². The lowest BCUT2D eigenvalue weighted by atomic mass is 9.78. The van der Waals surface area contributed by atoms with Gasteiger partial charge >= 0.3 is 0 Å². The van der Waals surface area contributed by atoms with Crippen LogP contribution in [0.1, 0.15) is 43.5 Å². The summed E-state index contributed by atoms with van der Waals surface area (Å²) in [5.41, 5.74) is 5.57. The third-order valence-corrected chi connectivity index (χ3v) is 5.29. The first-order valence-corrected chi connectivity index (χ1v) is 9.54. The summed E-state index contributed by atoms with van der Waals surface area (Å²) in [6.45, 7) is 4.30. The Labute approximate surface area is 164 Å². The minimum Gasteiger partial charge on any atom is -0.358 e. The van der Waals surface area contributed by atoms with E-state index < -0.39 is 5.91 Å². The third-order valence-electron chi connectivity index (χ3n) is 4.84. The molecule has 1 aliphatic carbocycles. The second kappa shape index (κ2) is 9.73. The standard InChI is InChI=1S/C18H25ClN4O2S/c1-11-5-3-8-15(12(11)2)21-18(26)23-22-16(24)10-20-17(25)13-6-4-7-14(19)9-13/h4,6-7,9,11-12,15H,3,5,8,10H2,1-2H3,(H,20,25)(H,22,24)(H2,21,23,26)/t11-,12+,15-/m0/s1. The van der Waals surface area contributed by atoms with Crippen molar-refractivity contribution in [3.8, 4) is 0 Å². The predicted octanol–water partition coefficient (Wildman–Crippen LogP) is 2.39. The smallest absolute Gasteiger partial charge is 0.257 e. The Morgan fingerprint density at radius 3 is 2.73 bits per heavy atom. The quantitative estimate of drug-likeness (QED) is 0.464. The maximum absolute atomic E-state index is 12.0. The molecule has 26 heavy (non-hydrogen) atoms. The van der Waals surface area contributed by atoms with Crippen LogP contribution in [0.25, 0.3) is 0 Å². The molecule has 0 spiro atoms. The Hall–Kier alpha value is -1.86. The van der Waals surface area contributed by atoms with E-state index >= 15 is 0 Å². The lowest BCUT2D eigenvalue weighted by Crippen LogP contribution is -2.53. The van der Waals surface area contributed by atoms with Crippen molar-refractivity contribution in [2.24, 2.45) is 11.8 Å². The second-order valence-corrected chi connectivity index (χ2v) is 7.56. The molecule has 0 aromatic heterocycles. The molecule has 2 amide bonds. The number of hydrogen-bond acceptors (Lipinski definition) is 3.